The predicted molar refractivity (Wildman–Crippen MR) is 112 cm³/mol. The minimum absolute atomic E-state index is 0.200. The molecule has 150 valence electrons. The van der Waals surface area contributed by atoms with Gasteiger partial charge < -0.3 is 15.0 Å². The van der Waals surface area contributed by atoms with E-state index in [-0.39, 0.29) is 25.0 Å². The lowest BCUT2D eigenvalue weighted by molar-refractivity contribution is -0.142. The molecule has 0 saturated carbocycles. The summed E-state index contributed by atoms with van der Waals surface area (Å²) >= 11 is 12.3. The van der Waals surface area contributed by atoms with E-state index >= 15 is 0 Å². The Morgan fingerprint density at radius 3 is 2.36 bits per heavy atom. The zero-order valence-electron chi connectivity index (χ0n) is 16.0. The first-order valence-electron chi connectivity index (χ1n) is 9.12. The van der Waals surface area contributed by atoms with Gasteiger partial charge in [-0.1, -0.05) is 60.5 Å². The molecular weight excluding hydrogens is 399 g/mol. The van der Waals surface area contributed by atoms with Crippen LogP contribution in [0.3, 0.4) is 0 Å². The maximum atomic E-state index is 12.9. The minimum atomic E-state index is -0.676. The van der Waals surface area contributed by atoms with Crippen LogP contribution >= 0.6 is 23.2 Å². The third-order valence-electron chi connectivity index (χ3n) is 4.20. The third kappa shape index (κ3) is 6.14. The van der Waals surface area contributed by atoms with Crippen LogP contribution in [-0.4, -0.2) is 35.9 Å². The Kier molecular flexibility index (Phi) is 8.61. The van der Waals surface area contributed by atoms with Crippen molar-refractivity contribution in [2.24, 2.45) is 0 Å². The van der Waals surface area contributed by atoms with Crippen LogP contribution in [0.1, 0.15) is 25.8 Å². The zero-order chi connectivity index (χ0) is 20.5. The number of nitrogens with zero attached hydrogens (tertiary/aromatic N) is 1. The van der Waals surface area contributed by atoms with Gasteiger partial charge >= 0.3 is 0 Å². The summed E-state index contributed by atoms with van der Waals surface area (Å²) in [6.07, 6.45) is 0.812. The summed E-state index contributed by atoms with van der Waals surface area (Å²) in [5.41, 5.74) is 0.755. The number of carbonyl (C=O) groups is 2. The van der Waals surface area contributed by atoms with Crippen molar-refractivity contribution in [1.29, 1.82) is 0 Å². The van der Waals surface area contributed by atoms with E-state index in [2.05, 4.69) is 5.32 Å². The molecule has 1 unspecified atom stereocenters. The molecule has 1 N–H and O–H groups in total. The molecule has 0 spiro atoms. The fourth-order valence-corrected chi connectivity index (χ4v) is 2.96. The van der Waals surface area contributed by atoms with Crippen molar-refractivity contribution < 1.29 is 14.3 Å². The number of benzene rings is 2. The molecule has 0 aliphatic carbocycles. The van der Waals surface area contributed by atoms with Crippen molar-refractivity contribution >= 4 is 35.0 Å². The van der Waals surface area contributed by atoms with Crippen molar-refractivity contribution in [3.05, 3.63) is 64.1 Å². The molecule has 0 saturated heterocycles. The largest absolute Gasteiger partial charge is 0.482 e. The summed E-state index contributed by atoms with van der Waals surface area (Å²) in [7, 11) is 0. The Bertz CT molecular complexity index is 814. The van der Waals surface area contributed by atoms with Gasteiger partial charge in [-0.05, 0) is 37.1 Å². The van der Waals surface area contributed by atoms with Gasteiger partial charge in [-0.25, -0.2) is 0 Å². The summed E-state index contributed by atoms with van der Waals surface area (Å²) in [4.78, 5) is 26.8. The van der Waals surface area contributed by atoms with Gasteiger partial charge in [0.2, 0.25) is 5.91 Å². The fourth-order valence-electron chi connectivity index (χ4n) is 2.57. The number of ether oxygens (including phenoxy) is 1. The zero-order valence-corrected chi connectivity index (χ0v) is 17.5. The molecule has 0 aromatic heterocycles. The molecule has 2 aromatic rings. The van der Waals surface area contributed by atoms with E-state index < -0.39 is 6.04 Å². The Hall–Kier alpha value is -2.24. The second kappa shape index (κ2) is 10.9. The molecule has 2 amide bonds. The number of para-hydroxylation sites is 1. The third-order valence-corrected chi connectivity index (χ3v) is 4.88. The number of rotatable bonds is 9. The van der Waals surface area contributed by atoms with Crippen LogP contribution in [0.25, 0.3) is 0 Å². The van der Waals surface area contributed by atoms with Crippen molar-refractivity contribution in [1.82, 2.24) is 10.2 Å². The minimum Gasteiger partial charge on any atom is -0.482 e. The normalized spacial score (nSPS) is 11.6. The van der Waals surface area contributed by atoms with Crippen LogP contribution in [0, 0.1) is 0 Å². The van der Waals surface area contributed by atoms with Crippen LogP contribution in [-0.2, 0) is 16.1 Å². The molecule has 0 bridgehead atoms. The van der Waals surface area contributed by atoms with E-state index in [1.807, 2.05) is 25.1 Å². The Balaban J connectivity index is 2.16. The number of nitrogens with one attached hydrogen (secondary N) is 1. The number of halogens is 2. The van der Waals surface area contributed by atoms with Gasteiger partial charge in [-0.3, -0.25) is 9.59 Å². The van der Waals surface area contributed by atoms with Gasteiger partial charge in [0.25, 0.3) is 5.91 Å². The molecule has 0 heterocycles. The van der Waals surface area contributed by atoms with Gasteiger partial charge in [0.15, 0.2) is 6.61 Å². The maximum absolute atomic E-state index is 12.9. The number of hydrogen-bond donors (Lipinski definition) is 1. The molecular formula is C21H24Cl2N2O3. The summed E-state index contributed by atoms with van der Waals surface area (Å²) in [5, 5.41) is 3.78. The molecule has 0 aliphatic rings. The average Bonchev–Trinajstić information content (AvgIpc) is 2.70. The van der Waals surface area contributed by atoms with E-state index in [1.54, 1.807) is 37.3 Å². The molecule has 1 atom stereocenters. The standard InChI is InChI=1S/C21H24Cl2N2O3/c1-3-12-24-21(27)15(2)25(13-16-8-4-5-9-17(16)22)20(26)14-28-19-11-7-6-10-18(19)23/h4-11,15H,3,12-14H2,1-2H3,(H,24,27). The van der Waals surface area contributed by atoms with E-state index in [0.29, 0.717) is 22.3 Å². The predicted octanol–water partition coefficient (Wildman–Crippen LogP) is 4.32. The molecule has 2 rings (SSSR count). The van der Waals surface area contributed by atoms with Gasteiger partial charge in [0.1, 0.15) is 11.8 Å². The summed E-state index contributed by atoms with van der Waals surface area (Å²) in [6, 6.07) is 13.5. The highest BCUT2D eigenvalue weighted by Gasteiger charge is 2.27. The number of amides is 2. The molecule has 0 fully saturated rings. The van der Waals surface area contributed by atoms with Gasteiger partial charge in [0, 0.05) is 18.1 Å². The molecule has 2 aromatic carbocycles. The van der Waals surface area contributed by atoms with Crippen LogP contribution in [0.15, 0.2) is 48.5 Å². The highest BCUT2D eigenvalue weighted by molar-refractivity contribution is 6.32. The van der Waals surface area contributed by atoms with Crippen molar-refractivity contribution in [3.63, 3.8) is 0 Å². The van der Waals surface area contributed by atoms with Crippen LogP contribution in [0.5, 0.6) is 5.75 Å². The fraction of sp³-hybridized carbons (Fsp3) is 0.333. The maximum Gasteiger partial charge on any atom is 0.261 e. The quantitative estimate of drug-likeness (QED) is 0.654. The monoisotopic (exact) mass is 422 g/mol. The molecule has 5 nitrogen and oxygen atoms in total. The topological polar surface area (TPSA) is 58.6 Å². The summed E-state index contributed by atoms with van der Waals surface area (Å²) in [6.45, 7) is 4.17. The molecule has 0 radical (unpaired) electrons. The molecule has 0 aliphatic heterocycles. The lowest BCUT2D eigenvalue weighted by atomic mass is 10.1. The van der Waals surface area contributed by atoms with Gasteiger partial charge in [-0.2, -0.15) is 0 Å². The first-order chi connectivity index (χ1) is 13.4. The van der Waals surface area contributed by atoms with Gasteiger partial charge in [0.05, 0.1) is 5.02 Å². The van der Waals surface area contributed by atoms with E-state index in [4.69, 9.17) is 27.9 Å². The molecule has 7 heteroatoms. The van der Waals surface area contributed by atoms with Crippen LogP contribution in [0.2, 0.25) is 10.0 Å². The second-order valence-corrected chi connectivity index (χ2v) is 7.11. The number of hydrogen-bond acceptors (Lipinski definition) is 3. The lowest BCUT2D eigenvalue weighted by Crippen LogP contribution is -2.49. The summed E-state index contributed by atoms with van der Waals surface area (Å²) in [5.74, 6) is -0.141. The number of carbonyl (C=O) groups excluding carboxylic acids is 2. The van der Waals surface area contributed by atoms with Crippen LogP contribution in [0.4, 0.5) is 0 Å². The Morgan fingerprint density at radius 2 is 1.71 bits per heavy atom. The van der Waals surface area contributed by atoms with Gasteiger partial charge in [-0.15, -0.1) is 0 Å². The smallest absolute Gasteiger partial charge is 0.261 e. The first-order valence-corrected chi connectivity index (χ1v) is 9.87. The SMILES string of the molecule is CCCNC(=O)C(C)N(Cc1ccccc1Cl)C(=O)COc1ccccc1Cl. The Morgan fingerprint density at radius 1 is 1.07 bits per heavy atom. The van der Waals surface area contributed by atoms with Crippen molar-refractivity contribution in [2.45, 2.75) is 32.9 Å². The molecule has 28 heavy (non-hydrogen) atoms. The van der Waals surface area contributed by atoms with E-state index in [9.17, 15) is 9.59 Å². The second-order valence-electron chi connectivity index (χ2n) is 6.30. The van der Waals surface area contributed by atoms with Crippen molar-refractivity contribution in [2.75, 3.05) is 13.2 Å². The average molecular weight is 423 g/mol. The first kappa shape index (κ1) is 22.1. The van der Waals surface area contributed by atoms with E-state index in [1.165, 1.54) is 4.90 Å². The highest BCUT2D eigenvalue weighted by atomic mass is 35.5. The lowest BCUT2D eigenvalue weighted by Gasteiger charge is -2.29. The Labute approximate surface area is 175 Å². The van der Waals surface area contributed by atoms with Crippen molar-refractivity contribution in [3.8, 4) is 5.75 Å². The highest BCUT2D eigenvalue weighted by Crippen LogP contribution is 2.23. The van der Waals surface area contributed by atoms with E-state index in [0.717, 1.165) is 12.0 Å². The van der Waals surface area contributed by atoms with Crippen LogP contribution < -0.4 is 10.1 Å². The summed E-state index contributed by atoms with van der Waals surface area (Å²) < 4.78 is 5.57.